The van der Waals surface area contributed by atoms with Gasteiger partial charge >= 0.3 is 0 Å². The minimum Gasteiger partial charge on any atom is -0.493 e. The summed E-state index contributed by atoms with van der Waals surface area (Å²) in [6, 6.07) is 10.9. The van der Waals surface area contributed by atoms with Crippen LogP contribution in [0, 0.1) is 29.6 Å². The lowest BCUT2D eigenvalue weighted by Crippen LogP contribution is -2.01. The van der Waals surface area contributed by atoms with Crippen molar-refractivity contribution >= 4 is 17.0 Å². The average molecular weight is 310 g/mol. The fourth-order valence-electron chi connectivity index (χ4n) is 1.72. The maximum absolute atomic E-state index is 8.64. The Kier molecular flexibility index (Phi) is 5.53. The maximum atomic E-state index is 8.64. The number of allylic oxidation sites excluding steroid dienone is 1. The topological polar surface area (TPSA) is 81.7 Å². The van der Waals surface area contributed by atoms with Gasteiger partial charge < -0.3 is 10.1 Å². The molecule has 0 unspecified atom stereocenters. The number of aryl methyl sites for hydroxylation is 1. The minimum absolute atomic E-state index is 0.0280. The number of benzene rings is 1. The number of rotatable bonds is 6. The summed E-state index contributed by atoms with van der Waals surface area (Å²) in [5.74, 6) is 0.775. The van der Waals surface area contributed by atoms with E-state index in [-0.39, 0.29) is 5.57 Å². The molecule has 0 fully saturated rings. The zero-order valence-electron chi connectivity index (χ0n) is 12.0. The zero-order chi connectivity index (χ0) is 15.8. The van der Waals surface area contributed by atoms with Crippen LogP contribution in [0.5, 0.6) is 5.75 Å². The van der Waals surface area contributed by atoms with E-state index in [9.17, 15) is 0 Å². The van der Waals surface area contributed by atoms with Crippen molar-refractivity contribution in [1.29, 1.82) is 10.5 Å². The van der Waals surface area contributed by atoms with Gasteiger partial charge in [-0.15, -0.1) is 11.3 Å². The molecule has 5 nitrogen and oxygen atoms in total. The van der Waals surface area contributed by atoms with Crippen LogP contribution in [-0.2, 0) is 6.42 Å². The second kappa shape index (κ2) is 7.82. The molecule has 0 saturated carbocycles. The van der Waals surface area contributed by atoms with E-state index in [2.05, 4.69) is 10.3 Å². The Hall–Kier alpha value is -2.83. The van der Waals surface area contributed by atoms with Crippen molar-refractivity contribution < 1.29 is 4.74 Å². The Morgan fingerprint density at radius 2 is 2.05 bits per heavy atom. The van der Waals surface area contributed by atoms with Crippen LogP contribution in [0.3, 0.4) is 0 Å². The third-order valence-electron chi connectivity index (χ3n) is 2.92. The SMILES string of the molecule is Cc1ncsc1CCOc1ccc(NC=C(C#N)C#N)cc1. The van der Waals surface area contributed by atoms with Crippen molar-refractivity contribution in [2.45, 2.75) is 13.3 Å². The summed E-state index contributed by atoms with van der Waals surface area (Å²) in [5.41, 5.74) is 3.72. The first kappa shape index (κ1) is 15.6. The molecule has 0 radical (unpaired) electrons. The summed E-state index contributed by atoms with van der Waals surface area (Å²) in [6.45, 7) is 2.60. The quantitative estimate of drug-likeness (QED) is 0.827. The molecule has 6 heteroatoms. The van der Waals surface area contributed by atoms with Crippen LogP contribution in [0.1, 0.15) is 10.6 Å². The predicted octanol–water partition coefficient (Wildman–Crippen LogP) is 3.42. The molecule has 2 rings (SSSR count). The molecule has 1 heterocycles. The summed E-state index contributed by atoms with van der Waals surface area (Å²) in [7, 11) is 0. The number of nitrogens with zero attached hydrogens (tertiary/aromatic N) is 3. The first-order chi connectivity index (χ1) is 10.7. The second-order valence-electron chi connectivity index (χ2n) is 4.41. The van der Waals surface area contributed by atoms with Crippen molar-refractivity contribution in [3.8, 4) is 17.9 Å². The molecular formula is C16H14N4OS. The smallest absolute Gasteiger partial charge is 0.145 e. The van der Waals surface area contributed by atoms with Gasteiger partial charge in [-0.05, 0) is 31.2 Å². The summed E-state index contributed by atoms with van der Waals surface area (Å²) < 4.78 is 5.69. The van der Waals surface area contributed by atoms with Gasteiger partial charge in [0.15, 0.2) is 0 Å². The van der Waals surface area contributed by atoms with Crippen LogP contribution in [0.15, 0.2) is 41.5 Å². The van der Waals surface area contributed by atoms with Gasteiger partial charge in [-0.2, -0.15) is 10.5 Å². The van der Waals surface area contributed by atoms with Gasteiger partial charge in [0, 0.05) is 23.2 Å². The summed E-state index contributed by atoms with van der Waals surface area (Å²) >= 11 is 1.64. The number of anilines is 1. The van der Waals surface area contributed by atoms with Crippen LogP contribution in [0.2, 0.25) is 0 Å². The summed E-state index contributed by atoms with van der Waals surface area (Å²) in [6.07, 6.45) is 2.22. The number of ether oxygens (including phenoxy) is 1. The van der Waals surface area contributed by atoms with Crippen molar-refractivity contribution in [3.05, 3.63) is 52.1 Å². The standard InChI is InChI=1S/C16H14N4OS/c1-12-16(22-11-20-12)6-7-21-15-4-2-14(3-5-15)19-10-13(8-17)9-18/h2-5,10-11,19H,6-7H2,1H3. The molecule has 0 aliphatic carbocycles. The van der Waals surface area contributed by atoms with E-state index < -0.39 is 0 Å². The lowest BCUT2D eigenvalue weighted by molar-refractivity contribution is 0.322. The Bertz CT molecular complexity index is 719. The Morgan fingerprint density at radius 1 is 1.32 bits per heavy atom. The number of thiazole rings is 1. The lowest BCUT2D eigenvalue weighted by Gasteiger charge is -2.07. The largest absolute Gasteiger partial charge is 0.493 e. The van der Waals surface area contributed by atoms with Crippen LogP contribution in [-0.4, -0.2) is 11.6 Å². The van der Waals surface area contributed by atoms with E-state index in [0.717, 1.165) is 23.6 Å². The molecule has 1 N–H and O–H groups in total. The highest BCUT2D eigenvalue weighted by Crippen LogP contribution is 2.17. The molecule has 0 atom stereocenters. The Labute approximate surface area is 133 Å². The third kappa shape index (κ3) is 4.34. The molecule has 0 bridgehead atoms. The molecule has 1 aromatic heterocycles. The fraction of sp³-hybridized carbons (Fsp3) is 0.188. The maximum Gasteiger partial charge on any atom is 0.145 e. The monoisotopic (exact) mass is 310 g/mol. The van der Waals surface area contributed by atoms with E-state index in [1.54, 1.807) is 23.5 Å². The fourth-order valence-corrected chi connectivity index (χ4v) is 2.48. The second-order valence-corrected chi connectivity index (χ2v) is 5.35. The zero-order valence-corrected chi connectivity index (χ0v) is 12.9. The van der Waals surface area contributed by atoms with Gasteiger partial charge in [0.05, 0.1) is 17.8 Å². The molecule has 1 aromatic carbocycles. The Morgan fingerprint density at radius 3 is 2.64 bits per heavy atom. The van der Waals surface area contributed by atoms with Crippen LogP contribution in [0.4, 0.5) is 5.69 Å². The van der Waals surface area contributed by atoms with Gasteiger partial charge in [0.25, 0.3) is 0 Å². The molecule has 2 aromatic rings. The molecule has 22 heavy (non-hydrogen) atoms. The highest BCUT2D eigenvalue weighted by atomic mass is 32.1. The number of aromatic nitrogens is 1. The van der Waals surface area contributed by atoms with Gasteiger partial charge in [-0.3, -0.25) is 0 Å². The number of nitriles is 2. The highest BCUT2D eigenvalue weighted by molar-refractivity contribution is 7.09. The normalized spacial score (nSPS) is 9.41. The molecule has 110 valence electrons. The predicted molar refractivity (Wildman–Crippen MR) is 85.4 cm³/mol. The average Bonchev–Trinajstić information content (AvgIpc) is 2.95. The van der Waals surface area contributed by atoms with Crippen molar-refractivity contribution in [2.75, 3.05) is 11.9 Å². The van der Waals surface area contributed by atoms with Gasteiger partial charge in [-0.25, -0.2) is 4.98 Å². The Balaban J connectivity index is 1.85. The lowest BCUT2D eigenvalue weighted by atomic mass is 10.3. The number of hydrogen-bond acceptors (Lipinski definition) is 6. The van der Waals surface area contributed by atoms with E-state index in [4.69, 9.17) is 15.3 Å². The first-order valence-corrected chi connectivity index (χ1v) is 7.49. The minimum atomic E-state index is 0.0280. The first-order valence-electron chi connectivity index (χ1n) is 6.61. The highest BCUT2D eigenvalue weighted by Gasteiger charge is 2.02. The number of nitrogens with one attached hydrogen (secondary N) is 1. The van der Waals surface area contributed by atoms with Crippen LogP contribution >= 0.6 is 11.3 Å². The third-order valence-corrected chi connectivity index (χ3v) is 3.92. The molecule has 0 spiro atoms. The van der Waals surface area contributed by atoms with Gasteiger partial charge in [0.2, 0.25) is 0 Å². The van der Waals surface area contributed by atoms with Crippen LogP contribution in [0.25, 0.3) is 0 Å². The van der Waals surface area contributed by atoms with E-state index in [1.807, 2.05) is 36.7 Å². The molecule has 0 aliphatic rings. The van der Waals surface area contributed by atoms with Crippen molar-refractivity contribution in [2.24, 2.45) is 0 Å². The van der Waals surface area contributed by atoms with Crippen molar-refractivity contribution in [3.63, 3.8) is 0 Å². The van der Waals surface area contributed by atoms with Gasteiger partial charge in [0.1, 0.15) is 23.5 Å². The van der Waals surface area contributed by atoms with E-state index in [0.29, 0.717) is 6.61 Å². The van der Waals surface area contributed by atoms with Crippen LogP contribution < -0.4 is 10.1 Å². The van der Waals surface area contributed by atoms with E-state index >= 15 is 0 Å². The molecular weight excluding hydrogens is 296 g/mol. The summed E-state index contributed by atoms with van der Waals surface area (Å²) in [5, 5.41) is 20.2. The van der Waals surface area contributed by atoms with E-state index in [1.165, 1.54) is 11.1 Å². The molecule has 0 aliphatic heterocycles. The summed E-state index contributed by atoms with van der Waals surface area (Å²) in [4.78, 5) is 5.45. The molecule has 0 saturated heterocycles. The van der Waals surface area contributed by atoms with Gasteiger partial charge in [-0.1, -0.05) is 0 Å². The number of hydrogen-bond donors (Lipinski definition) is 1. The van der Waals surface area contributed by atoms with Crippen molar-refractivity contribution in [1.82, 2.24) is 4.98 Å². The molecule has 0 amide bonds.